The van der Waals surface area contributed by atoms with Crippen molar-refractivity contribution in [1.29, 1.82) is 0 Å². The molecule has 0 aliphatic heterocycles. The van der Waals surface area contributed by atoms with Gasteiger partial charge in [-0.3, -0.25) is 4.79 Å². The van der Waals surface area contributed by atoms with Crippen molar-refractivity contribution in [3.8, 4) is 0 Å². The van der Waals surface area contributed by atoms with E-state index in [1.54, 1.807) is 0 Å². The van der Waals surface area contributed by atoms with E-state index >= 15 is 0 Å². The Kier molecular flexibility index (Phi) is 5.03. The number of rotatable bonds is 3. The summed E-state index contributed by atoms with van der Waals surface area (Å²) in [6.45, 7) is 2.24. The van der Waals surface area contributed by atoms with Gasteiger partial charge in [-0.15, -0.1) is 0 Å². The average molecular weight is 357 g/mol. The van der Waals surface area contributed by atoms with Crippen LogP contribution in [0.2, 0.25) is 0 Å². The van der Waals surface area contributed by atoms with Crippen LogP contribution in [0.15, 0.2) is 24.3 Å². The molecule has 0 spiro atoms. The van der Waals surface area contributed by atoms with Crippen LogP contribution in [0.25, 0.3) is 0 Å². The largest absolute Gasteiger partial charge is 0.349 e. The number of hydrogen-bond acceptors (Lipinski definition) is 1. The van der Waals surface area contributed by atoms with E-state index in [-0.39, 0.29) is 5.91 Å². The first-order valence-electron chi connectivity index (χ1n) is 6.75. The van der Waals surface area contributed by atoms with Gasteiger partial charge in [0.2, 0.25) is 0 Å². The lowest BCUT2D eigenvalue weighted by atomic mass is 9.84. The lowest BCUT2D eigenvalue weighted by Gasteiger charge is -2.29. The second-order valence-electron chi connectivity index (χ2n) is 5.12. The summed E-state index contributed by atoms with van der Waals surface area (Å²) < 4.78 is 1.16. The van der Waals surface area contributed by atoms with Crippen molar-refractivity contribution in [3.05, 3.63) is 33.4 Å². The third-order valence-electron chi connectivity index (χ3n) is 3.80. The van der Waals surface area contributed by atoms with Gasteiger partial charge in [0.05, 0.1) is 0 Å². The van der Waals surface area contributed by atoms with Crippen molar-refractivity contribution < 1.29 is 4.79 Å². The van der Waals surface area contributed by atoms with E-state index in [0.29, 0.717) is 6.04 Å². The molecule has 3 heteroatoms. The molecule has 1 N–H and O–H groups in total. The smallest absolute Gasteiger partial charge is 0.251 e. The molecule has 1 amide bonds. The number of carbonyl (C=O) groups excluding carboxylic acids is 1. The highest BCUT2D eigenvalue weighted by Gasteiger charge is 2.22. The summed E-state index contributed by atoms with van der Waals surface area (Å²) >= 11 is 2.25. The van der Waals surface area contributed by atoms with E-state index in [2.05, 4.69) is 34.8 Å². The maximum absolute atomic E-state index is 12.1. The molecule has 0 bridgehead atoms. The van der Waals surface area contributed by atoms with Gasteiger partial charge in [-0.05, 0) is 65.6 Å². The Bertz CT molecular complexity index is 401. The van der Waals surface area contributed by atoms with Crippen LogP contribution in [-0.2, 0) is 0 Å². The number of benzene rings is 1. The first-order chi connectivity index (χ1) is 8.69. The Labute approximate surface area is 123 Å². The molecule has 2 unspecified atom stereocenters. The van der Waals surface area contributed by atoms with Crippen molar-refractivity contribution in [2.75, 3.05) is 0 Å². The standard InChI is InChI=1S/C15H20INO/c1-2-11-4-3-5-14(10-11)17-15(18)12-6-8-13(16)9-7-12/h6-9,11,14H,2-5,10H2,1H3,(H,17,18). The van der Waals surface area contributed by atoms with Crippen LogP contribution in [0.1, 0.15) is 49.4 Å². The third-order valence-corrected chi connectivity index (χ3v) is 4.52. The second kappa shape index (κ2) is 6.55. The van der Waals surface area contributed by atoms with E-state index in [9.17, 15) is 4.79 Å². The highest BCUT2D eigenvalue weighted by atomic mass is 127. The molecule has 0 aromatic heterocycles. The quantitative estimate of drug-likeness (QED) is 0.815. The van der Waals surface area contributed by atoms with Crippen molar-refractivity contribution in [2.45, 2.75) is 45.1 Å². The predicted molar refractivity (Wildman–Crippen MR) is 82.7 cm³/mol. The van der Waals surface area contributed by atoms with Crippen LogP contribution in [0.3, 0.4) is 0 Å². The van der Waals surface area contributed by atoms with Gasteiger partial charge in [0.15, 0.2) is 0 Å². The summed E-state index contributed by atoms with van der Waals surface area (Å²) in [6.07, 6.45) is 6.08. The van der Waals surface area contributed by atoms with E-state index in [0.717, 1.165) is 27.9 Å². The Balaban J connectivity index is 1.92. The normalized spacial score (nSPS) is 23.7. The summed E-state index contributed by atoms with van der Waals surface area (Å²) in [5, 5.41) is 3.18. The first kappa shape index (κ1) is 13.8. The molecule has 1 aromatic carbocycles. The van der Waals surface area contributed by atoms with Gasteiger partial charge < -0.3 is 5.32 Å². The molecule has 2 atom stereocenters. The Morgan fingerprint density at radius 2 is 2.06 bits per heavy atom. The molecule has 98 valence electrons. The molecule has 2 rings (SSSR count). The summed E-state index contributed by atoms with van der Waals surface area (Å²) in [5.41, 5.74) is 0.772. The van der Waals surface area contributed by atoms with E-state index < -0.39 is 0 Å². The number of amides is 1. The molecule has 0 saturated heterocycles. The van der Waals surface area contributed by atoms with Gasteiger partial charge in [0.1, 0.15) is 0 Å². The van der Waals surface area contributed by atoms with Crippen LogP contribution in [-0.4, -0.2) is 11.9 Å². The van der Waals surface area contributed by atoms with Gasteiger partial charge in [-0.1, -0.05) is 26.2 Å². The Morgan fingerprint density at radius 1 is 1.33 bits per heavy atom. The molecule has 18 heavy (non-hydrogen) atoms. The first-order valence-corrected chi connectivity index (χ1v) is 7.83. The fourth-order valence-corrected chi connectivity index (χ4v) is 3.02. The van der Waals surface area contributed by atoms with Crippen LogP contribution in [0.5, 0.6) is 0 Å². The zero-order chi connectivity index (χ0) is 13.0. The molecule has 1 aromatic rings. The topological polar surface area (TPSA) is 29.1 Å². The van der Waals surface area contributed by atoms with Crippen molar-refractivity contribution in [3.63, 3.8) is 0 Å². The molecule has 0 heterocycles. The van der Waals surface area contributed by atoms with Gasteiger partial charge in [0.25, 0.3) is 5.91 Å². The van der Waals surface area contributed by atoms with Crippen LogP contribution in [0, 0.1) is 9.49 Å². The Morgan fingerprint density at radius 3 is 2.72 bits per heavy atom. The minimum atomic E-state index is 0.0770. The third kappa shape index (κ3) is 3.70. The summed E-state index contributed by atoms with van der Waals surface area (Å²) in [6, 6.07) is 8.13. The molecule has 1 aliphatic rings. The Hall–Kier alpha value is -0.580. The maximum atomic E-state index is 12.1. The molecule has 1 fully saturated rings. The van der Waals surface area contributed by atoms with Crippen LogP contribution >= 0.6 is 22.6 Å². The fourth-order valence-electron chi connectivity index (χ4n) is 2.66. The van der Waals surface area contributed by atoms with Gasteiger partial charge >= 0.3 is 0 Å². The molecule has 0 radical (unpaired) electrons. The number of halogens is 1. The second-order valence-corrected chi connectivity index (χ2v) is 6.36. The molecular weight excluding hydrogens is 337 g/mol. The van der Waals surface area contributed by atoms with E-state index in [4.69, 9.17) is 0 Å². The highest BCUT2D eigenvalue weighted by Crippen LogP contribution is 2.26. The number of nitrogens with one attached hydrogen (secondary N) is 1. The molecule has 1 aliphatic carbocycles. The zero-order valence-corrected chi connectivity index (χ0v) is 12.9. The molecule has 1 saturated carbocycles. The number of hydrogen-bond donors (Lipinski definition) is 1. The summed E-state index contributed by atoms with van der Waals surface area (Å²) in [5.74, 6) is 0.869. The van der Waals surface area contributed by atoms with Gasteiger partial charge in [0, 0.05) is 15.2 Å². The average Bonchev–Trinajstić information content (AvgIpc) is 2.39. The van der Waals surface area contributed by atoms with E-state index in [1.165, 1.54) is 19.3 Å². The molecule has 2 nitrogen and oxygen atoms in total. The fraction of sp³-hybridized carbons (Fsp3) is 0.533. The van der Waals surface area contributed by atoms with E-state index in [1.807, 2.05) is 24.3 Å². The predicted octanol–water partition coefficient (Wildman–Crippen LogP) is 3.99. The van der Waals surface area contributed by atoms with Gasteiger partial charge in [-0.2, -0.15) is 0 Å². The van der Waals surface area contributed by atoms with Crippen LogP contribution < -0.4 is 5.32 Å². The minimum Gasteiger partial charge on any atom is -0.349 e. The van der Waals surface area contributed by atoms with Crippen LogP contribution in [0.4, 0.5) is 0 Å². The molecular formula is C15H20INO. The monoisotopic (exact) mass is 357 g/mol. The maximum Gasteiger partial charge on any atom is 0.251 e. The lowest BCUT2D eigenvalue weighted by molar-refractivity contribution is 0.0919. The summed E-state index contributed by atoms with van der Waals surface area (Å²) in [4.78, 5) is 12.1. The van der Waals surface area contributed by atoms with Crippen molar-refractivity contribution in [2.24, 2.45) is 5.92 Å². The SMILES string of the molecule is CCC1CCCC(NC(=O)c2ccc(I)cc2)C1. The van der Waals surface area contributed by atoms with Crippen molar-refractivity contribution in [1.82, 2.24) is 5.32 Å². The lowest BCUT2D eigenvalue weighted by Crippen LogP contribution is -2.38. The van der Waals surface area contributed by atoms with Crippen molar-refractivity contribution >= 4 is 28.5 Å². The highest BCUT2D eigenvalue weighted by molar-refractivity contribution is 14.1. The zero-order valence-electron chi connectivity index (χ0n) is 10.8. The van der Waals surface area contributed by atoms with Gasteiger partial charge in [-0.25, -0.2) is 0 Å². The minimum absolute atomic E-state index is 0.0770. The summed E-state index contributed by atoms with van der Waals surface area (Å²) in [7, 11) is 0. The number of carbonyl (C=O) groups is 1.